The molecule has 17 heavy (non-hydrogen) atoms. The summed E-state index contributed by atoms with van der Waals surface area (Å²) in [6.07, 6.45) is 1.10. The molecule has 3 nitrogen and oxygen atoms in total. The van der Waals surface area contributed by atoms with Crippen molar-refractivity contribution in [2.45, 2.75) is 18.4 Å². The zero-order valence-corrected chi connectivity index (χ0v) is 12.3. The molecular formula is C11H11BrN2OS2. The van der Waals surface area contributed by atoms with Gasteiger partial charge >= 0.3 is 0 Å². The molecule has 1 aliphatic rings. The molecule has 0 aromatic carbocycles. The summed E-state index contributed by atoms with van der Waals surface area (Å²) in [5.41, 5.74) is -0.643. The number of carbonyl (C=O) groups excluding carboxylic acids is 1. The molecule has 0 bridgehead atoms. The average molecular weight is 331 g/mol. The topological polar surface area (TPSA) is 52.9 Å². The summed E-state index contributed by atoms with van der Waals surface area (Å²) in [7, 11) is 0. The number of halogens is 1. The normalized spacial score (nSPS) is 23.3. The number of thioether (sulfide) groups is 1. The molecule has 1 fully saturated rings. The van der Waals surface area contributed by atoms with E-state index in [9.17, 15) is 4.79 Å². The summed E-state index contributed by atoms with van der Waals surface area (Å²) in [6.45, 7) is 0. The summed E-state index contributed by atoms with van der Waals surface area (Å²) >= 11 is 6.63. The van der Waals surface area contributed by atoms with Crippen LogP contribution in [0, 0.1) is 11.3 Å². The van der Waals surface area contributed by atoms with Gasteiger partial charge in [0, 0.05) is 10.6 Å². The van der Waals surface area contributed by atoms with Crippen LogP contribution >= 0.6 is 39.0 Å². The lowest BCUT2D eigenvalue weighted by molar-refractivity contribution is -0.121. The lowest BCUT2D eigenvalue weighted by atomic mass is 10.0. The second kappa shape index (κ2) is 5.42. The van der Waals surface area contributed by atoms with Gasteiger partial charge in [0.25, 0.3) is 0 Å². The third kappa shape index (κ3) is 3.24. The second-order valence-electron chi connectivity index (χ2n) is 3.93. The van der Waals surface area contributed by atoms with Crippen LogP contribution in [0.5, 0.6) is 0 Å². The second-order valence-corrected chi connectivity index (χ2v) is 7.58. The highest BCUT2D eigenvalue weighted by atomic mass is 79.9. The number of nitrogens with zero attached hydrogens (tertiary/aromatic N) is 1. The Morgan fingerprint density at radius 1 is 1.65 bits per heavy atom. The van der Waals surface area contributed by atoms with E-state index in [2.05, 4.69) is 27.3 Å². The fourth-order valence-corrected chi connectivity index (χ4v) is 4.44. The van der Waals surface area contributed by atoms with E-state index in [1.54, 1.807) is 23.1 Å². The Bertz CT molecular complexity index is 460. The van der Waals surface area contributed by atoms with Gasteiger partial charge in [0.2, 0.25) is 5.91 Å². The lowest BCUT2D eigenvalue weighted by Gasteiger charge is -2.20. The third-order valence-electron chi connectivity index (χ3n) is 2.58. The molecule has 0 radical (unpaired) electrons. The highest BCUT2D eigenvalue weighted by Gasteiger charge is 2.35. The Morgan fingerprint density at radius 3 is 3.00 bits per heavy atom. The van der Waals surface area contributed by atoms with Crippen LogP contribution in [0.15, 0.2) is 15.9 Å². The lowest BCUT2D eigenvalue weighted by Crippen LogP contribution is -2.48. The Hall–Kier alpha value is -0.510. The molecule has 1 unspecified atom stereocenters. The molecule has 1 atom stereocenters. The number of nitrogens with one attached hydrogen (secondary N) is 1. The van der Waals surface area contributed by atoms with E-state index >= 15 is 0 Å². The first-order valence-corrected chi connectivity index (χ1v) is 7.94. The smallest absolute Gasteiger partial charge is 0.226 e. The largest absolute Gasteiger partial charge is 0.337 e. The van der Waals surface area contributed by atoms with Crippen LogP contribution in [0.25, 0.3) is 0 Å². The summed E-state index contributed by atoms with van der Waals surface area (Å²) in [5, 5.41) is 12.0. The molecule has 1 saturated heterocycles. The molecule has 6 heteroatoms. The minimum Gasteiger partial charge on any atom is -0.337 e. The molecule has 1 aliphatic heterocycles. The fourth-order valence-electron chi connectivity index (χ4n) is 1.70. The summed E-state index contributed by atoms with van der Waals surface area (Å²) in [6, 6.07) is 6.10. The van der Waals surface area contributed by atoms with E-state index in [1.165, 1.54) is 0 Å². The fraction of sp³-hybridized carbons (Fsp3) is 0.455. The van der Waals surface area contributed by atoms with Gasteiger partial charge in [0.1, 0.15) is 5.54 Å². The third-order valence-corrected chi connectivity index (χ3v) is 5.39. The van der Waals surface area contributed by atoms with Crippen molar-refractivity contribution in [3.63, 3.8) is 0 Å². The van der Waals surface area contributed by atoms with E-state index in [-0.39, 0.29) is 5.91 Å². The number of nitriles is 1. The maximum atomic E-state index is 11.9. The Labute approximate surface area is 117 Å². The Kier molecular flexibility index (Phi) is 4.13. The van der Waals surface area contributed by atoms with Crippen molar-refractivity contribution >= 4 is 44.9 Å². The maximum Gasteiger partial charge on any atom is 0.226 e. The first kappa shape index (κ1) is 12.9. The van der Waals surface area contributed by atoms with Crippen LogP contribution in [-0.2, 0) is 11.2 Å². The Morgan fingerprint density at radius 2 is 2.47 bits per heavy atom. The number of amides is 1. The van der Waals surface area contributed by atoms with Gasteiger partial charge in [-0.2, -0.15) is 17.0 Å². The number of hydrogen-bond acceptors (Lipinski definition) is 4. The number of hydrogen-bond donors (Lipinski definition) is 1. The van der Waals surface area contributed by atoms with E-state index in [0.717, 1.165) is 20.8 Å². The van der Waals surface area contributed by atoms with Crippen LogP contribution in [0.2, 0.25) is 0 Å². The van der Waals surface area contributed by atoms with Gasteiger partial charge in [0.05, 0.1) is 16.3 Å². The molecule has 0 aliphatic carbocycles. The first-order chi connectivity index (χ1) is 8.13. The van der Waals surface area contributed by atoms with E-state index in [1.807, 2.05) is 12.1 Å². The zero-order chi connectivity index (χ0) is 12.3. The molecule has 0 saturated carbocycles. The van der Waals surface area contributed by atoms with E-state index in [0.29, 0.717) is 12.2 Å². The SMILES string of the molecule is N#CC1(NC(=O)Cc2ccc(Br)s2)CCSC1. The van der Waals surface area contributed by atoms with Crippen molar-refractivity contribution in [1.29, 1.82) is 5.26 Å². The molecule has 1 aromatic rings. The van der Waals surface area contributed by atoms with Crippen molar-refractivity contribution in [2.75, 3.05) is 11.5 Å². The Balaban J connectivity index is 1.95. The predicted molar refractivity (Wildman–Crippen MR) is 74.2 cm³/mol. The quantitative estimate of drug-likeness (QED) is 0.926. The van der Waals surface area contributed by atoms with Crippen LogP contribution in [-0.4, -0.2) is 23.0 Å². The van der Waals surface area contributed by atoms with Crippen LogP contribution in [0.1, 0.15) is 11.3 Å². The molecule has 1 aromatic heterocycles. The zero-order valence-electron chi connectivity index (χ0n) is 9.03. The monoisotopic (exact) mass is 330 g/mol. The maximum absolute atomic E-state index is 11.9. The standard InChI is InChI=1S/C11H11BrN2OS2/c12-9-2-1-8(17-9)5-10(15)14-11(6-13)3-4-16-7-11/h1-2H,3-5,7H2,(H,14,15). The summed E-state index contributed by atoms with van der Waals surface area (Å²) < 4.78 is 1.02. The minimum atomic E-state index is -0.643. The average Bonchev–Trinajstić information content (AvgIpc) is 2.89. The van der Waals surface area contributed by atoms with E-state index < -0.39 is 5.54 Å². The van der Waals surface area contributed by atoms with Gasteiger partial charge in [-0.15, -0.1) is 11.3 Å². The number of thiophene rings is 1. The van der Waals surface area contributed by atoms with Crippen LogP contribution < -0.4 is 5.32 Å². The molecule has 1 amide bonds. The van der Waals surface area contributed by atoms with Crippen molar-refractivity contribution in [2.24, 2.45) is 0 Å². The van der Waals surface area contributed by atoms with Gasteiger partial charge in [-0.1, -0.05) is 0 Å². The molecule has 2 rings (SSSR count). The van der Waals surface area contributed by atoms with Gasteiger partial charge in [-0.3, -0.25) is 4.79 Å². The molecule has 1 N–H and O–H groups in total. The van der Waals surface area contributed by atoms with Gasteiger partial charge in [-0.25, -0.2) is 0 Å². The molecular weight excluding hydrogens is 320 g/mol. The van der Waals surface area contributed by atoms with Crippen molar-refractivity contribution in [1.82, 2.24) is 5.32 Å². The van der Waals surface area contributed by atoms with Gasteiger partial charge in [0.15, 0.2) is 0 Å². The number of rotatable bonds is 3. The highest BCUT2D eigenvalue weighted by molar-refractivity contribution is 9.11. The van der Waals surface area contributed by atoms with Crippen LogP contribution in [0.4, 0.5) is 0 Å². The van der Waals surface area contributed by atoms with Crippen molar-refractivity contribution in [3.8, 4) is 6.07 Å². The summed E-state index contributed by atoms with van der Waals surface area (Å²) in [5.74, 6) is 1.57. The number of carbonyl (C=O) groups is 1. The summed E-state index contributed by atoms with van der Waals surface area (Å²) in [4.78, 5) is 12.9. The molecule has 0 spiro atoms. The first-order valence-electron chi connectivity index (χ1n) is 5.18. The molecule has 2 heterocycles. The molecule has 90 valence electrons. The minimum absolute atomic E-state index is 0.0663. The van der Waals surface area contributed by atoms with Crippen molar-refractivity contribution < 1.29 is 4.79 Å². The van der Waals surface area contributed by atoms with Crippen LogP contribution in [0.3, 0.4) is 0 Å². The van der Waals surface area contributed by atoms with Gasteiger partial charge < -0.3 is 5.32 Å². The van der Waals surface area contributed by atoms with Crippen molar-refractivity contribution in [3.05, 3.63) is 20.8 Å². The predicted octanol–water partition coefficient (Wildman–Crippen LogP) is 2.57. The highest BCUT2D eigenvalue weighted by Crippen LogP contribution is 2.28. The van der Waals surface area contributed by atoms with Gasteiger partial charge in [-0.05, 0) is 40.2 Å². The van der Waals surface area contributed by atoms with E-state index in [4.69, 9.17) is 5.26 Å².